The van der Waals surface area contributed by atoms with Crippen molar-refractivity contribution < 1.29 is 23.9 Å². The van der Waals surface area contributed by atoms with Crippen molar-refractivity contribution in [3.05, 3.63) is 18.2 Å². The van der Waals surface area contributed by atoms with Crippen LogP contribution in [0.5, 0.6) is 11.5 Å². The molecule has 0 bridgehead atoms. The van der Waals surface area contributed by atoms with E-state index in [2.05, 4.69) is 16.1 Å². The summed E-state index contributed by atoms with van der Waals surface area (Å²) in [6, 6.07) is 4.83. The lowest BCUT2D eigenvalue weighted by Crippen LogP contribution is -2.20. The number of anilines is 1. The first kappa shape index (κ1) is 13.8. The zero-order valence-electron chi connectivity index (χ0n) is 10.1. The number of nitrogens with one attached hydrogen (secondary N) is 1. The van der Waals surface area contributed by atoms with E-state index in [1.165, 1.54) is 14.2 Å². The third kappa shape index (κ3) is 3.63. The van der Waals surface area contributed by atoms with Gasteiger partial charge in [-0.2, -0.15) is 5.90 Å². The van der Waals surface area contributed by atoms with Crippen LogP contribution in [0.2, 0.25) is 0 Å². The van der Waals surface area contributed by atoms with Gasteiger partial charge in [-0.25, -0.2) is 4.79 Å². The van der Waals surface area contributed by atoms with Crippen molar-refractivity contribution in [3.63, 3.8) is 0 Å². The summed E-state index contributed by atoms with van der Waals surface area (Å²) < 4.78 is 10.1. The van der Waals surface area contributed by atoms with Gasteiger partial charge in [0, 0.05) is 11.8 Å². The second-order valence-electron chi connectivity index (χ2n) is 3.28. The number of carbonyl (C=O) groups excluding carboxylic acids is 2. The highest BCUT2D eigenvalue weighted by Gasteiger charge is 2.11. The largest absolute Gasteiger partial charge is 0.493 e. The fourth-order valence-corrected chi connectivity index (χ4v) is 1.29. The Balaban J connectivity index is 2.73. The van der Waals surface area contributed by atoms with Crippen molar-refractivity contribution in [2.24, 2.45) is 5.90 Å². The van der Waals surface area contributed by atoms with E-state index in [-0.39, 0.29) is 0 Å². The van der Waals surface area contributed by atoms with Gasteiger partial charge in [0.2, 0.25) is 5.91 Å². The molecule has 98 valence electrons. The summed E-state index contributed by atoms with van der Waals surface area (Å²) in [4.78, 5) is 26.1. The van der Waals surface area contributed by atoms with Gasteiger partial charge in [-0.1, -0.05) is 0 Å². The second kappa shape index (κ2) is 6.45. The van der Waals surface area contributed by atoms with Crippen molar-refractivity contribution >= 4 is 17.6 Å². The molecule has 0 aliphatic heterocycles. The maximum absolute atomic E-state index is 11.4. The molecule has 1 aromatic rings. The number of nitrogens with two attached hydrogens (primary N) is 1. The third-order valence-electron chi connectivity index (χ3n) is 2.10. The van der Waals surface area contributed by atoms with Gasteiger partial charge in [-0.15, -0.1) is 0 Å². The Morgan fingerprint density at radius 3 is 2.44 bits per heavy atom. The van der Waals surface area contributed by atoms with Crippen LogP contribution >= 0.6 is 0 Å². The first-order chi connectivity index (χ1) is 8.60. The molecular weight excluding hydrogens is 240 g/mol. The van der Waals surface area contributed by atoms with Crippen molar-refractivity contribution in [1.29, 1.82) is 0 Å². The summed E-state index contributed by atoms with van der Waals surface area (Å²) in [6.07, 6.45) is -0.454. The van der Waals surface area contributed by atoms with E-state index in [0.717, 1.165) is 0 Å². The highest BCUT2D eigenvalue weighted by Crippen LogP contribution is 2.29. The van der Waals surface area contributed by atoms with E-state index in [1.54, 1.807) is 18.2 Å². The van der Waals surface area contributed by atoms with Gasteiger partial charge < -0.3 is 19.6 Å². The van der Waals surface area contributed by atoms with Crippen molar-refractivity contribution in [3.8, 4) is 11.5 Å². The van der Waals surface area contributed by atoms with Crippen LogP contribution in [0.1, 0.15) is 6.42 Å². The first-order valence-electron chi connectivity index (χ1n) is 5.02. The molecule has 1 amide bonds. The Morgan fingerprint density at radius 1 is 1.22 bits per heavy atom. The molecule has 0 spiro atoms. The van der Waals surface area contributed by atoms with Crippen molar-refractivity contribution in [2.45, 2.75) is 6.42 Å². The monoisotopic (exact) mass is 254 g/mol. The Hall–Kier alpha value is -2.28. The average molecular weight is 254 g/mol. The summed E-state index contributed by atoms with van der Waals surface area (Å²) in [7, 11) is 2.99. The Bertz CT molecular complexity index is 447. The third-order valence-corrected chi connectivity index (χ3v) is 2.10. The maximum Gasteiger partial charge on any atom is 0.333 e. The standard InChI is InChI=1S/C11H14N2O5/c1-16-8-4-3-7(5-9(8)17-2)13-10(14)6-11(15)18-12/h3-5H,6,12H2,1-2H3,(H,13,14). The molecule has 7 nitrogen and oxygen atoms in total. The van der Waals surface area contributed by atoms with Gasteiger partial charge in [0.15, 0.2) is 11.5 Å². The van der Waals surface area contributed by atoms with Gasteiger partial charge in [-0.05, 0) is 12.1 Å². The molecular formula is C11H14N2O5. The number of rotatable bonds is 5. The number of ether oxygens (including phenoxy) is 2. The Labute approximate surface area is 104 Å². The van der Waals surface area contributed by atoms with Gasteiger partial charge in [0.25, 0.3) is 0 Å². The van der Waals surface area contributed by atoms with Crippen LogP contribution in [0.3, 0.4) is 0 Å². The number of amides is 1. The van der Waals surface area contributed by atoms with E-state index in [9.17, 15) is 9.59 Å². The van der Waals surface area contributed by atoms with Crippen LogP contribution < -0.4 is 20.7 Å². The van der Waals surface area contributed by atoms with E-state index in [1.807, 2.05) is 0 Å². The molecule has 0 aliphatic carbocycles. The lowest BCUT2D eigenvalue weighted by Gasteiger charge is -2.10. The molecule has 0 saturated heterocycles. The number of methoxy groups -OCH3 is 2. The van der Waals surface area contributed by atoms with Gasteiger partial charge in [0.05, 0.1) is 14.2 Å². The topological polar surface area (TPSA) is 99.9 Å². The molecule has 18 heavy (non-hydrogen) atoms. The van der Waals surface area contributed by atoms with Crippen molar-refractivity contribution in [2.75, 3.05) is 19.5 Å². The maximum atomic E-state index is 11.4. The lowest BCUT2D eigenvalue weighted by molar-refractivity contribution is -0.146. The molecule has 7 heteroatoms. The van der Waals surface area contributed by atoms with Crippen molar-refractivity contribution in [1.82, 2.24) is 0 Å². The smallest absolute Gasteiger partial charge is 0.333 e. The number of benzene rings is 1. The van der Waals surface area contributed by atoms with E-state index >= 15 is 0 Å². The molecule has 3 N–H and O–H groups in total. The molecule has 0 unspecified atom stereocenters. The molecule has 0 fully saturated rings. The van der Waals surface area contributed by atoms with E-state index < -0.39 is 18.3 Å². The molecule has 0 saturated carbocycles. The summed E-state index contributed by atoms with van der Waals surface area (Å²) in [5.41, 5.74) is 0.475. The van der Waals surface area contributed by atoms with Crippen LogP contribution in [0.15, 0.2) is 18.2 Å². The zero-order valence-corrected chi connectivity index (χ0v) is 10.1. The van der Waals surface area contributed by atoms with Crippen LogP contribution in [0, 0.1) is 0 Å². The van der Waals surface area contributed by atoms with Crippen LogP contribution in [-0.4, -0.2) is 26.1 Å². The fraction of sp³-hybridized carbons (Fsp3) is 0.273. The molecule has 0 aliphatic rings. The number of hydrogen-bond acceptors (Lipinski definition) is 6. The molecule has 0 atom stereocenters. The highest BCUT2D eigenvalue weighted by molar-refractivity contribution is 6.01. The van der Waals surface area contributed by atoms with E-state index in [4.69, 9.17) is 9.47 Å². The van der Waals surface area contributed by atoms with Crippen LogP contribution in [0.25, 0.3) is 0 Å². The number of hydrogen-bond donors (Lipinski definition) is 2. The van der Waals surface area contributed by atoms with Crippen LogP contribution in [0.4, 0.5) is 5.69 Å². The lowest BCUT2D eigenvalue weighted by atomic mass is 10.2. The number of carbonyl (C=O) groups is 2. The Morgan fingerprint density at radius 2 is 1.89 bits per heavy atom. The fourth-order valence-electron chi connectivity index (χ4n) is 1.29. The zero-order chi connectivity index (χ0) is 13.5. The average Bonchev–Trinajstić information content (AvgIpc) is 2.38. The molecule has 0 heterocycles. The summed E-state index contributed by atoms with van der Waals surface area (Å²) in [5.74, 6) is 4.30. The minimum absolute atomic E-state index is 0.454. The second-order valence-corrected chi connectivity index (χ2v) is 3.28. The van der Waals surface area contributed by atoms with Gasteiger partial charge >= 0.3 is 5.97 Å². The van der Waals surface area contributed by atoms with Gasteiger partial charge in [0.1, 0.15) is 6.42 Å². The summed E-state index contributed by atoms with van der Waals surface area (Å²) in [6.45, 7) is 0. The summed E-state index contributed by atoms with van der Waals surface area (Å²) >= 11 is 0. The highest BCUT2D eigenvalue weighted by atomic mass is 16.7. The summed E-state index contributed by atoms with van der Waals surface area (Å²) in [5, 5.41) is 2.50. The molecule has 0 aromatic heterocycles. The predicted molar refractivity (Wildman–Crippen MR) is 63.1 cm³/mol. The molecule has 1 rings (SSSR count). The van der Waals surface area contributed by atoms with Crippen LogP contribution in [-0.2, 0) is 14.4 Å². The minimum Gasteiger partial charge on any atom is -0.493 e. The predicted octanol–water partition coefficient (Wildman–Crippen LogP) is 0.449. The molecule has 1 aromatic carbocycles. The first-order valence-corrected chi connectivity index (χ1v) is 5.02. The van der Waals surface area contributed by atoms with E-state index in [0.29, 0.717) is 17.2 Å². The molecule has 0 radical (unpaired) electrons. The SMILES string of the molecule is COc1ccc(NC(=O)CC(=O)ON)cc1OC. The minimum atomic E-state index is -0.812. The van der Waals surface area contributed by atoms with Gasteiger partial charge in [-0.3, -0.25) is 4.79 Å². The quantitative estimate of drug-likeness (QED) is 0.584. The normalized spacial score (nSPS) is 9.50. The Kier molecular flexibility index (Phi) is 4.94.